The lowest BCUT2D eigenvalue weighted by Crippen LogP contribution is -2.34. The van der Waals surface area contributed by atoms with E-state index in [0.717, 1.165) is 12.0 Å². The highest BCUT2D eigenvalue weighted by molar-refractivity contribution is 7.80. The SMILES string of the molecule is CCC(C)NC(=O)c1ccc(NC(=S)NC(=O)CCc2ccccc2)cc1. The molecule has 2 amide bonds. The minimum atomic E-state index is -0.138. The van der Waals surface area contributed by atoms with Crippen molar-refractivity contribution in [3.63, 3.8) is 0 Å². The third kappa shape index (κ3) is 7.19. The molecule has 0 aliphatic rings. The second kappa shape index (κ2) is 10.4. The fourth-order valence-corrected chi connectivity index (χ4v) is 2.60. The molecule has 0 aliphatic carbocycles. The van der Waals surface area contributed by atoms with Crippen molar-refractivity contribution in [1.82, 2.24) is 10.6 Å². The number of thiocarbonyl (C=S) groups is 1. The summed E-state index contributed by atoms with van der Waals surface area (Å²) in [5.41, 5.74) is 2.40. The number of nitrogens with one attached hydrogen (secondary N) is 3. The Morgan fingerprint density at radius 1 is 1.04 bits per heavy atom. The minimum Gasteiger partial charge on any atom is -0.350 e. The van der Waals surface area contributed by atoms with Crippen molar-refractivity contribution in [2.45, 2.75) is 39.2 Å². The van der Waals surface area contributed by atoms with Crippen LogP contribution in [-0.2, 0) is 11.2 Å². The number of hydrogen-bond donors (Lipinski definition) is 3. The van der Waals surface area contributed by atoms with E-state index in [1.54, 1.807) is 24.3 Å². The van der Waals surface area contributed by atoms with Crippen molar-refractivity contribution in [2.24, 2.45) is 0 Å². The van der Waals surface area contributed by atoms with Gasteiger partial charge in [0.1, 0.15) is 0 Å². The highest BCUT2D eigenvalue weighted by Crippen LogP contribution is 2.10. The van der Waals surface area contributed by atoms with Gasteiger partial charge < -0.3 is 16.0 Å². The van der Waals surface area contributed by atoms with Gasteiger partial charge in [-0.2, -0.15) is 0 Å². The third-order valence-electron chi connectivity index (χ3n) is 4.13. The number of carbonyl (C=O) groups excluding carboxylic acids is 2. The minimum absolute atomic E-state index is 0.104. The molecule has 0 aliphatic heterocycles. The van der Waals surface area contributed by atoms with Gasteiger partial charge in [0.2, 0.25) is 5.91 Å². The molecule has 142 valence electrons. The average molecular weight is 384 g/mol. The first kappa shape index (κ1) is 20.6. The van der Waals surface area contributed by atoms with E-state index in [9.17, 15) is 9.59 Å². The fourth-order valence-electron chi connectivity index (χ4n) is 2.37. The van der Waals surface area contributed by atoms with Gasteiger partial charge in [-0.3, -0.25) is 9.59 Å². The van der Waals surface area contributed by atoms with Crippen LogP contribution in [-0.4, -0.2) is 23.0 Å². The number of amides is 2. The maximum absolute atomic E-state index is 12.1. The van der Waals surface area contributed by atoms with Crippen molar-refractivity contribution >= 4 is 34.8 Å². The van der Waals surface area contributed by atoms with Gasteiger partial charge in [-0.25, -0.2) is 0 Å². The summed E-state index contributed by atoms with van der Waals surface area (Å²) in [6.07, 6.45) is 1.90. The highest BCUT2D eigenvalue weighted by atomic mass is 32.1. The Bertz CT molecular complexity index is 776. The van der Waals surface area contributed by atoms with Crippen molar-refractivity contribution in [2.75, 3.05) is 5.32 Å². The predicted octanol–water partition coefficient (Wildman–Crippen LogP) is 3.66. The molecule has 2 aromatic rings. The predicted molar refractivity (Wildman–Crippen MR) is 113 cm³/mol. The quantitative estimate of drug-likeness (QED) is 0.638. The molecule has 0 spiro atoms. The number of rotatable bonds is 7. The first-order chi connectivity index (χ1) is 13.0. The Balaban J connectivity index is 1.79. The van der Waals surface area contributed by atoms with E-state index in [1.165, 1.54) is 0 Å². The number of aryl methyl sites for hydroxylation is 1. The first-order valence-corrected chi connectivity index (χ1v) is 9.44. The molecule has 2 aromatic carbocycles. The van der Waals surface area contributed by atoms with Crippen molar-refractivity contribution in [3.8, 4) is 0 Å². The van der Waals surface area contributed by atoms with E-state index in [-0.39, 0.29) is 23.0 Å². The molecule has 0 aromatic heterocycles. The summed E-state index contributed by atoms with van der Waals surface area (Å²) in [6.45, 7) is 3.99. The summed E-state index contributed by atoms with van der Waals surface area (Å²) in [5.74, 6) is -0.242. The molecule has 0 radical (unpaired) electrons. The molecule has 0 bridgehead atoms. The Kier molecular flexibility index (Phi) is 7.95. The molecule has 3 N–H and O–H groups in total. The van der Waals surface area contributed by atoms with Crippen LogP contribution in [0.5, 0.6) is 0 Å². The van der Waals surface area contributed by atoms with Crippen LogP contribution in [0.15, 0.2) is 54.6 Å². The lowest BCUT2D eigenvalue weighted by atomic mass is 10.1. The number of benzene rings is 2. The molecule has 0 saturated carbocycles. The van der Waals surface area contributed by atoms with Crippen LogP contribution >= 0.6 is 12.2 Å². The van der Waals surface area contributed by atoms with Gasteiger partial charge in [-0.15, -0.1) is 0 Å². The van der Waals surface area contributed by atoms with Gasteiger partial charge in [-0.1, -0.05) is 37.3 Å². The van der Waals surface area contributed by atoms with E-state index < -0.39 is 0 Å². The van der Waals surface area contributed by atoms with Crippen molar-refractivity contribution in [3.05, 3.63) is 65.7 Å². The standard InChI is InChI=1S/C21H25N3O2S/c1-3-15(2)22-20(26)17-10-12-18(13-11-17)23-21(27)24-19(25)14-9-16-7-5-4-6-8-16/h4-8,10-13,15H,3,9,14H2,1-2H3,(H,22,26)(H2,23,24,25,27). The van der Waals surface area contributed by atoms with E-state index >= 15 is 0 Å². The van der Waals surface area contributed by atoms with E-state index in [2.05, 4.69) is 16.0 Å². The van der Waals surface area contributed by atoms with E-state index in [1.807, 2.05) is 44.2 Å². The third-order valence-corrected chi connectivity index (χ3v) is 4.34. The van der Waals surface area contributed by atoms with Gasteiger partial charge in [-0.05, 0) is 61.8 Å². The molecule has 0 fully saturated rings. The van der Waals surface area contributed by atoms with Gasteiger partial charge in [0.05, 0.1) is 0 Å². The normalized spacial score (nSPS) is 11.3. The molecular formula is C21H25N3O2S. The molecule has 6 heteroatoms. The van der Waals surface area contributed by atoms with E-state index in [4.69, 9.17) is 12.2 Å². The number of hydrogen-bond acceptors (Lipinski definition) is 3. The summed E-state index contributed by atoms with van der Waals surface area (Å²) in [6, 6.07) is 16.9. The highest BCUT2D eigenvalue weighted by Gasteiger charge is 2.09. The number of anilines is 1. The van der Waals surface area contributed by atoms with Crippen LogP contribution in [0.3, 0.4) is 0 Å². The van der Waals surface area contributed by atoms with Crippen molar-refractivity contribution in [1.29, 1.82) is 0 Å². The summed E-state index contributed by atoms with van der Waals surface area (Å²) < 4.78 is 0. The van der Waals surface area contributed by atoms with Gasteiger partial charge >= 0.3 is 0 Å². The molecule has 0 heterocycles. The summed E-state index contributed by atoms with van der Waals surface area (Å²) in [4.78, 5) is 24.1. The van der Waals surface area contributed by atoms with Gasteiger partial charge in [0.25, 0.3) is 5.91 Å². The first-order valence-electron chi connectivity index (χ1n) is 9.03. The molecule has 5 nitrogen and oxygen atoms in total. The second-order valence-electron chi connectivity index (χ2n) is 6.35. The zero-order chi connectivity index (χ0) is 19.6. The Labute approximate surface area is 165 Å². The van der Waals surface area contributed by atoms with Crippen LogP contribution in [0.2, 0.25) is 0 Å². The molecule has 27 heavy (non-hydrogen) atoms. The Hall–Kier alpha value is -2.73. The zero-order valence-electron chi connectivity index (χ0n) is 15.6. The zero-order valence-corrected chi connectivity index (χ0v) is 16.4. The van der Waals surface area contributed by atoms with Crippen LogP contribution in [0, 0.1) is 0 Å². The lowest BCUT2D eigenvalue weighted by Gasteiger charge is -2.12. The molecule has 2 rings (SSSR count). The lowest BCUT2D eigenvalue weighted by molar-refractivity contribution is -0.119. The largest absolute Gasteiger partial charge is 0.350 e. The van der Waals surface area contributed by atoms with Crippen LogP contribution in [0.25, 0.3) is 0 Å². The van der Waals surface area contributed by atoms with Crippen LogP contribution < -0.4 is 16.0 Å². The summed E-state index contributed by atoms with van der Waals surface area (Å²) in [7, 11) is 0. The summed E-state index contributed by atoms with van der Waals surface area (Å²) >= 11 is 5.18. The number of carbonyl (C=O) groups is 2. The van der Waals surface area contributed by atoms with E-state index in [0.29, 0.717) is 24.1 Å². The van der Waals surface area contributed by atoms with Crippen LogP contribution in [0.1, 0.15) is 42.6 Å². The molecule has 0 saturated heterocycles. The monoisotopic (exact) mass is 383 g/mol. The maximum atomic E-state index is 12.1. The molecule has 1 atom stereocenters. The second-order valence-corrected chi connectivity index (χ2v) is 6.76. The van der Waals surface area contributed by atoms with Gasteiger partial charge in [0.15, 0.2) is 5.11 Å². The van der Waals surface area contributed by atoms with Crippen LogP contribution in [0.4, 0.5) is 5.69 Å². The smallest absolute Gasteiger partial charge is 0.251 e. The Morgan fingerprint density at radius 2 is 1.70 bits per heavy atom. The topological polar surface area (TPSA) is 70.2 Å². The van der Waals surface area contributed by atoms with Crippen molar-refractivity contribution < 1.29 is 9.59 Å². The average Bonchev–Trinajstić information content (AvgIpc) is 2.67. The maximum Gasteiger partial charge on any atom is 0.251 e. The molecule has 1 unspecified atom stereocenters. The Morgan fingerprint density at radius 3 is 2.33 bits per heavy atom. The summed E-state index contributed by atoms with van der Waals surface area (Å²) in [5, 5.41) is 8.79. The molecular weight excluding hydrogens is 358 g/mol. The van der Waals surface area contributed by atoms with Gasteiger partial charge in [0, 0.05) is 23.7 Å². The fraction of sp³-hybridized carbons (Fsp3) is 0.286.